The zero-order chi connectivity index (χ0) is 12.3. The van der Waals surface area contributed by atoms with Crippen LogP contribution in [0.3, 0.4) is 0 Å². The van der Waals surface area contributed by atoms with E-state index >= 15 is 0 Å². The first-order chi connectivity index (χ1) is 8.74. The largest absolute Gasteiger partial charge is 0.328 e. The Labute approximate surface area is 107 Å². The van der Waals surface area contributed by atoms with Crippen molar-refractivity contribution in [1.29, 1.82) is 0 Å². The summed E-state index contributed by atoms with van der Waals surface area (Å²) in [6.07, 6.45) is 3.52. The number of hydrogen-bond donors (Lipinski definition) is 1. The summed E-state index contributed by atoms with van der Waals surface area (Å²) in [4.78, 5) is 4.69. The molecule has 92 valence electrons. The molecule has 3 heterocycles. The highest BCUT2D eigenvalue weighted by molar-refractivity contribution is 5.41. The summed E-state index contributed by atoms with van der Waals surface area (Å²) in [5.74, 6) is 2.49. The SMILES string of the molecule is Cc1nc2cc3c(cc[n+]-2c1C)C1CNCC3C1. The van der Waals surface area contributed by atoms with Gasteiger partial charge in [0.2, 0.25) is 0 Å². The van der Waals surface area contributed by atoms with Gasteiger partial charge in [-0.1, -0.05) is 0 Å². The van der Waals surface area contributed by atoms with Crippen LogP contribution in [0.4, 0.5) is 0 Å². The molecule has 0 spiro atoms. The molecule has 3 heteroatoms. The second kappa shape index (κ2) is 3.51. The van der Waals surface area contributed by atoms with Crippen LogP contribution < -0.4 is 9.88 Å². The molecule has 0 aromatic heterocycles. The maximum absolute atomic E-state index is 4.69. The van der Waals surface area contributed by atoms with Crippen molar-refractivity contribution in [3.63, 3.8) is 0 Å². The van der Waals surface area contributed by atoms with Crippen molar-refractivity contribution < 1.29 is 4.57 Å². The molecule has 2 unspecified atom stereocenters. The number of aryl methyl sites for hydroxylation is 1. The van der Waals surface area contributed by atoms with Gasteiger partial charge >= 0.3 is 5.82 Å². The molecule has 0 amide bonds. The molecule has 1 N–H and O–H groups in total. The van der Waals surface area contributed by atoms with Crippen LogP contribution in [0.5, 0.6) is 0 Å². The van der Waals surface area contributed by atoms with Crippen LogP contribution >= 0.6 is 0 Å². The summed E-state index contributed by atoms with van der Waals surface area (Å²) in [5, 5.41) is 3.54. The van der Waals surface area contributed by atoms with E-state index in [2.05, 4.69) is 47.0 Å². The van der Waals surface area contributed by atoms with Crippen LogP contribution in [0.1, 0.15) is 40.8 Å². The van der Waals surface area contributed by atoms with Gasteiger partial charge in [0.1, 0.15) is 0 Å². The maximum atomic E-state index is 4.69. The molecule has 2 bridgehead atoms. The highest BCUT2D eigenvalue weighted by Gasteiger charge is 2.35. The predicted molar refractivity (Wildman–Crippen MR) is 69.4 cm³/mol. The quantitative estimate of drug-likeness (QED) is 0.708. The van der Waals surface area contributed by atoms with Gasteiger partial charge in [0, 0.05) is 33.0 Å². The zero-order valence-electron chi connectivity index (χ0n) is 10.9. The molecule has 0 saturated carbocycles. The van der Waals surface area contributed by atoms with Crippen LogP contribution in [0.25, 0.3) is 5.82 Å². The van der Waals surface area contributed by atoms with Gasteiger partial charge in [0.15, 0.2) is 11.4 Å². The monoisotopic (exact) mass is 240 g/mol. The van der Waals surface area contributed by atoms with E-state index in [0.717, 1.165) is 24.6 Å². The third kappa shape index (κ3) is 1.28. The Kier molecular flexibility index (Phi) is 2.04. The van der Waals surface area contributed by atoms with Crippen LogP contribution in [0.2, 0.25) is 0 Å². The third-order valence-electron chi connectivity index (χ3n) is 4.67. The number of fused-ring (bicyclic) bond motifs is 6. The molecule has 0 aromatic rings. The summed E-state index contributed by atoms with van der Waals surface area (Å²) in [6, 6.07) is 4.63. The Bertz CT molecular complexity index is 605. The molecular formula is C15H18N3+. The Morgan fingerprint density at radius 2 is 2.00 bits per heavy atom. The summed E-state index contributed by atoms with van der Waals surface area (Å²) in [5.41, 5.74) is 5.44. The van der Waals surface area contributed by atoms with E-state index in [9.17, 15) is 0 Å². The molecule has 1 fully saturated rings. The van der Waals surface area contributed by atoms with Gasteiger partial charge in [-0.05, 0) is 40.4 Å². The number of piperidine rings is 1. The molecule has 0 radical (unpaired) electrons. The number of rotatable bonds is 0. The Hall–Kier alpha value is -1.48. The normalized spacial score (nSPS) is 25.4. The van der Waals surface area contributed by atoms with Gasteiger partial charge < -0.3 is 5.32 Å². The van der Waals surface area contributed by atoms with E-state index in [4.69, 9.17) is 0 Å². The van der Waals surface area contributed by atoms with Crippen molar-refractivity contribution in [3.05, 3.63) is 40.8 Å². The molecule has 2 atom stereocenters. The average Bonchev–Trinajstić information content (AvgIpc) is 2.69. The maximum Gasteiger partial charge on any atom is 0.328 e. The number of aromatic nitrogens is 2. The highest BCUT2D eigenvalue weighted by atomic mass is 15.1. The minimum absolute atomic E-state index is 0.687. The molecule has 1 saturated heterocycles. The summed E-state index contributed by atoms with van der Waals surface area (Å²) < 4.78 is 2.22. The second-order valence-corrected chi connectivity index (χ2v) is 5.67. The number of nitrogens with one attached hydrogen (secondary N) is 1. The topological polar surface area (TPSA) is 28.8 Å². The highest BCUT2D eigenvalue weighted by Crippen LogP contribution is 2.43. The Balaban J connectivity index is 1.99. The molecule has 4 aliphatic rings. The van der Waals surface area contributed by atoms with E-state index in [1.807, 2.05) is 0 Å². The van der Waals surface area contributed by atoms with Gasteiger partial charge in [-0.3, -0.25) is 0 Å². The first-order valence-corrected chi connectivity index (χ1v) is 6.77. The van der Waals surface area contributed by atoms with Gasteiger partial charge in [0.25, 0.3) is 0 Å². The minimum atomic E-state index is 0.687. The predicted octanol–water partition coefficient (Wildman–Crippen LogP) is 1.59. The lowest BCUT2D eigenvalue weighted by molar-refractivity contribution is -0.601. The fourth-order valence-electron chi connectivity index (χ4n) is 3.56. The minimum Gasteiger partial charge on any atom is -0.316 e. The van der Waals surface area contributed by atoms with Crippen molar-refractivity contribution in [1.82, 2.24) is 10.3 Å². The molecule has 3 aliphatic heterocycles. The zero-order valence-corrected chi connectivity index (χ0v) is 10.9. The molecule has 18 heavy (non-hydrogen) atoms. The van der Waals surface area contributed by atoms with E-state index < -0.39 is 0 Å². The van der Waals surface area contributed by atoms with Crippen LogP contribution in [0.15, 0.2) is 18.3 Å². The van der Waals surface area contributed by atoms with Gasteiger partial charge in [-0.15, -0.1) is 0 Å². The molecule has 1 aliphatic carbocycles. The third-order valence-corrected chi connectivity index (χ3v) is 4.67. The fraction of sp³-hybridized carbons (Fsp3) is 0.467. The number of hydrogen-bond acceptors (Lipinski definition) is 2. The van der Waals surface area contributed by atoms with E-state index in [-0.39, 0.29) is 0 Å². The van der Waals surface area contributed by atoms with E-state index in [1.165, 1.54) is 23.2 Å². The Morgan fingerprint density at radius 1 is 1.22 bits per heavy atom. The lowest BCUT2D eigenvalue weighted by atomic mass is 9.97. The lowest BCUT2D eigenvalue weighted by Gasteiger charge is -2.20. The second-order valence-electron chi connectivity index (χ2n) is 5.67. The standard InChI is InChI=1S/C15H18N3/c1-9-10(2)18-4-3-13-11-5-12(8-16-7-11)14(13)6-15(18)17-9/h3-4,6,11-12,16H,5,7-8H2,1-2H3/q+1. The molecular weight excluding hydrogens is 222 g/mol. The lowest BCUT2D eigenvalue weighted by Crippen LogP contribution is -2.31. The van der Waals surface area contributed by atoms with E-state index in [1.54, 1.807) is 0 Å². The van der Waals surface area contributed by atoms with Gasteiger partial charge in [-0.25, -0.2) is 0 Å². The molecule has 3 nitrogen and oxygen atoms in total. The van der Waals surface area contributed by atoms with E-state index in [0.29, 0.717) is 11.8 Å². The number of imidazole rings is 1. The van der Waals surface area contributed by atoms with Gasteiger partial charge in [0.05, 0.1) is 6.20 Å². The first-order valence-electron chi connectivity index (χ1n) is 6.77. The van der Waals surface area contributed by atoms with Crippen molar-refractivity contribution in [2.75, 3.05) is 13.1 Å². The van der Waals surface area contributed by atoms with Crippen LogP contribution in [-0.2, 0) is 0 Å². The molecule has 4 rings (SSSR count). The fourth-order valence-corrected chi connectivity index (χ4v) is 3.56. The average molecular weight is 240 g/mol. The first kappa shape index (κ1) is 10.4. The van der Waals surface area contributed by atoms with Gasteiger partial charge in [-0.2, -0.15) is 4.57 Å². The smallest absolute Gasteiger partial charge is 0.316 e. The molecule has 0 aromatic carbocycles. The van der Waals surface area contributed by atoms with Crippen LogP contribution in [0, 0.1) is 13.8 Å². The van der Waals surface area contributed by atoms with Crippen molar-refractivity contribution in [2.24, 2.45) is 0 Å². The number of nitrogens with zero attached hydrogens (tertiary/aromatic N) is 2. The van der Waals surface area contributed by atoms with Crippen LogP contribution in [-0.4, -0.2) is 18.1 Å². The Morgan fingerprint density at radius 3 is 2.83 bits per heavy atom. The summed E-state index contributed by atoms with van der Waals surface area (Å²) in [7, 11) is 0. The summed E-state index contributed by atoms with van der Waals surface area (Å²) >= 11 is 0. The summed E-state index contributed by atoms with van der Waals surface area (Å²) in [6.45, 7) is 6.48. The van der Waals surface area contributed by atoms with Crippen molar-refractivity contribution in [2.45, 2.75) is 32.1 Å². The van der Waals surface area contributed by atoms with Crippen molar-refractivity contribution in [3.8, 4) is 5.82 Å². The van der Waals surface area contributed by atoms with Crippen molar-refractivity contribution >= 4 is 0 Å².